The molecule has 2 aromatic heterocycles. The van der Waals surface area contributed by atoms with Gasteiger partial charge in [0.25, 0.3) is 0 Å². The summed E-state index contributed by atoms with van der Waals surface area (Å²) >= 11 is 0. The average molecular weight is 803 g/mol. The summed E-state index contributed by atoms with van der Waals surface area (Å²) in [4.78, 5) is 48.0. The van der Waals surface area contributed by atoms with Crippen molar-refractivity contribution >= 4 is 43.7 Å². The van der Waals surface area contributed by atoms with Crippen molar-refractivity contribution in [3.8, 4) is 5.75 Å². The number of esters is 3. The van der Waals surface area contributed by atoms with Gasteiger partial charge in [0, 0.05) is 7.11 Å². The highest BCUT2D eigenvalue weighted by Gasteiger charge is 2.62. The second kappa shape index (κ2) is 18.2. The van der Waals surface area contributed by atoms with E-state index in [-0.39, 0.29) is 36.2 Å². The second-order valence-corrected chi connectivity index (χ2v) is 17.0. The normalized spacial score (nSPS) is 22.0. The lowest BCUT2D eigenvalue weighted by atomic mass is 9.87. The molecule has 56 heavy (non-hydrogen) atoms. The minimum absolute atomic E-state index is 0.0542. The van der Waals surface area contributed by atoms with Crippen molar-refractivity contribution in [2.45, 2.75) is 104 Å². The Bertz CT molecular complexity index is 1900. The van der Waals surface area contributed by atoms with Crippen LogP contribution in [0, 0.1) is 11.8 Å². The number of hydrogen-bond acceptors (Lipinski definition) is 15. The van der Waals surface area contributed by atoms with Gasteiger partial charge in [-0.1, -0.05) is 60.6 Å². The Balaban J connectivity index is 1.80. The molecule has 0 aliphatic carbocycles. The zero-order chi connectivity index (χ0) is 41.6. The van der Waals surface area contributed by atoms with Crippen LogP contribution < -0.4 is 15.3 Å². The van der Waals surface area contributed by atoms with E-state index in [2.05, 4.69) is 26.9 Å². The van der Waals surface area contributed by atoms with E-state index in [4.69, 9.17) is 38.5 Å². The lowest BCUT2D eigenvalue weighted by Gasteiger charge is -2.33. The lowest BCUT2D eigenvalue weighted by Crippen LogP contribution is -2.49. The number of methoxy groups -OCH3 is 1. The second-order valence-electron chi connectivity index (χ2n) is 15.3. The molecule has 1 fully saturated rings. The number of aliphatic imine (C=N–C) groups is 1. The van der Waals surface area contributed by atoms with E-state index in [1.54, 1.807) is 58.9 Å². The summed E-state index contributed by atoms with van der Waals surface area (Å²) in [5, 5.41) is 7.05. The number of aromatic nitrogens is 3. The van der Waals surface area contributed by atoms with E-state index in [0.717, 1.165) is 5.56 Å². The third-order valence-corrected chi connectivity index (χ3v) is 10.8. The van der Waals surface area contributed by atoms with E-state index in [9.17, 15) is 18.9 Å². The number of anilines is 1. The van der Waals surface area contributed by atoms with Gasteiger partial charge in [-0.3, -0.25) is 23.9 Å². The molecule has 3 heterocycles. The minimum atomic E-state index is -4.51. The zero-order valence-corrected chi connectivity index (χ0v) is 34.6. The summed E-state index contributed by atoms with van der Waals surface area (Å²) in [6.45, 7) is 18.7. The summed E-state index contributed by atoms with van der Waals surface area (Å²) < 4.78 is 57.7. The van der Waals surface area contributed by atoms with Crippen molar-refractivity contribution in [3.05, 3.63) is 54.0 Å². The Morgan fingerprint density at radius 3 is 2.25 bits per heavy atom. The summed E-state index contributed by atoms with van der Waals surface area (Å²) in [5.74, 6) is -2.88. The quantitative estimate of drug-likeness (QED) is 0.0765. The van der Waals surface area contributed by atoms with Gasteiger partial charge in [-0.15, -0.1) is 0 Å². The van der Waals surface area contributed by atoms with Gasteiger partial charge in [0.15, 0.2) is 23.6 Å². The molecule has 3 N–H and O–H groups in total. The first kappa shape index (κ1) is 44.3. The molecule has 18 heteroatoms. The Kier molecular flexibility index (Phi) is 14.4. The number of hydrogen-bond donors (Lipinski definition) is 2. The van der Waals surface area contributed by atoms with Gasteiger partial charge < -0.3 is 33.9 Å². The monoisotopic (exact) mass is 802 g/mol. The van der Waals surface area contributed by atoms with E-state index >= 15 is 0 Å². The number of carbonyl (C=O) groups excluding carboxylic acids is 3. The van der Waals surface area contributed by atoms with Crippen LogP contribution in [0.15, 0.2) is 47.7 Å². The van der Waals surface area contributed by atoms with Crippen LogP contribution in [-0.4, -0.2) is 96.5 Å². The number of nitrogen functional groups attached to an aromatic ring is 1. The fraction of sp³-hybridized carbons (Fsp3) is 0.579. The summed E-state index contributed by atoms with van der Waals surface area (Å²) in [5.41, 5.74) is 6.02. The highest BCUT2D eigenvalue weighted by atomic mass is 31.2. The zero-order valence-electron chi connectivity index (χ0n) is 33.7. The molecule has 1 aromatic carbocycles. The van der Waals surface area contributed by atoms with Crippen LogP contribution >= 0.6 is 7.75 Å². The van der Waals surface area contributed by atoms with Crippen molar-refractivity contribution in [1.82, 2.24) is 19.7 Å². The molecule has 308 valence electrons. The molecular formula is C38H55N6O11P. The van der Waals surface area contributed by atoms with Crippen LogP contribution in [0.2, 0.25) is 0 Å². The van der Waals surface area contributed by atoms with Crippen LogP contribution in [0.3, 0.4) is 0 Å². The molecule has 0 spiro atoms. The molecule has 0 radical (unpaired) electrons. The number of nitrogens with two attached hydrogens (primary N) is 1. The van der Waals surface area contributed by atoms with Crippen LogP contribution in [0.1, 0.15) is 73.6 Å². The van der Waals surface area contributed by atoms with Crippen LogP contribution in [0.25, 0.3) is 5.52 Å². The number of fused-ring (bicyclic) bond motifs is 1. The molecule has 7 atom stereocenters. The molecule has 0 saturated carbocycles. The first-order valence-corrected chi connectivity index (χ1v) is 19.9. The van der Waals surface area contributed by atoms with Gasteiger partial charge in [-0.05, 0) is 55.8 Å². The number of ether oxygens (including phenoxy) is 5. The fourth-order valence-corrected chi connectivity index (χ4v) is 7.28. The predicted octanol–water partition coefficient (Wildman–Crippen LogP) is 4.80. The van der Waals surface area contributed by atoms with E-state index in [1.165, 1.54) is 24.9 Å². The molecule has 0 bridgehead atoms. The number of nitrogens with one attached hydrogen (secondary N) is 1. The van der Waals surface area contributed by atoms with Gasteiger partial charge in [0.1, 0.15) is 36.3 Å². The molecular weight excluding hydrogens is 747 g/mol. The predicted molar refractivity (Wildman–Crippen MR) is 207 cm³/mol. The lowest BCUT2D eigenvalue weighted by molar-refractivity contribution is -0.175. The SMILES string of the molecule is C=NC[C@@]1(c2ccc3c(N)ncnn23)O[C@H](COP(=O)(N[C@@H](C)C(=O)OCC(C)OC)Oc2ccc(C(C)(C)C)cc2)[C@@H](OC(=O)C(C)C)[C@H]1OC(=O)C(C)C. The van der Waals surface area contributed by atoms with Gasteiger partial charge >= 0.3 is 25.7 Å². The van der Waals surface area contributed by atoms with Crippen molar-refractivity contribution in [1.29, 1.82) is 0 Å². The maximum Gasteiger partial charge on any atom is 0.459 e. The Morgan fingerprint density at radius 1 is 1.02 bits per heavy atom. The van der Waals surface area contributed by atoms with Crippen molar-refractivity contribution in [3.63, 3.8) is 0 Å². The number of carbonyl (C=O) groups is 3. The number of rotatable bonds is 18. The Labute approximate surface area is 327 Å². The van der Waals surface area contributed by atoms with Gasteiger partial charge in [-0.25, -0.2) is 14.1 Å². The van der Waals surface area contributed by atoms with Crippen molar-refractivity contribution < 1.29 is 51.7 Å². The van der Waals surface area contributed by atoms with Crippen LogP contribution in [0.4, 0.5) is 5.82 Å². The van der Waals surface area contributed by atoms with Crippen molar-refractivity contribution in [2.75, 3.05) is 32.6 Å². The van der Waals surface area contributed by atoms with E-state index < -0.39 is 74.1 Å². The van der Waals surface area contributed by atoms with Gasteiger partial charge in [-0.2, -0.15) is 10.2 Å². The van der Waals surface area contributed by atoms with E-state index in [1.807, 2.05) is 32.9 Å². The van der Waals surface area contributed by atoms with Gasteiger partial charge in [0.2, 0.25) is 0 Å². The maximum absolute atomic E-state index is 14.7. The number of nitrogens with zero attached hydrogens (tertiary/aromatic N) is 4. The molecule has 1 saturated heterocycles. The van der Waals surface area contributed by atoms with Crippen molar-refractivity contribution in [2.24, 2.45) is 16.8 Å². The standard InChI is InChI=1S/C38H55N6O11P/c1-22(2)34(45)52-31-29(54-38(20-40-10,32(31)53-35(46)23(3)4)30-17-16-28-33(39)41-21-42-44(28)30)19-51-56(48,43-25(6)36(47)50-18-24(5)49-11)55-27-14-12-26(13-15-27)37(7,8)9/h12-17,21-25,29,31-32H,10,18-20H2,1-9,11H3,(H,43,48)(H2,39,41,42)/t24?,25-,29+,31+,32+,38-,56?/m0/s1. The molecule has 3 aromatic rings. The first-order chi connectivity index (χ1) is 26.2. The van der Waals surface area contributed by atoms with E-state index in [0.29, 0.717) is 11.2 Å². The number of benzene rings is 1. The third kappa shape index (κ3) is 10.3. The fourth-order valence-electron chi connectivity index (χ4n) is 5.78. The van der Waals surface area contributed by atoms with Crippen LogP contribution in [-0.2, 0) is 58.2 Å². The van der Waals surface area contributed by atoms with Gasteiger partial charge in [0.05, 0.1) is 36.8 Å². The highest BCUT2D eigenvalue weighted by molar-refractivity contribution is 7.52. The topological polar surface area (TPSA) is 213 Å². The molecule has 1 aliphatic rings. The molecule has 4 rings (SSSR count). The largest absolute Gasteiger partial charge is 0.462 e. The highest BCUT2D eigenvalue weighted by Crippen LogP contribution is 2.49. The first-order valence-electron chi connectivity index (χ1n) is 18.4. The minimum Gasteiger partial charge on any atom is -0.462 e. The maximum atomic E-state index is 14.7. The molecule has 2 unspecified atom stereocenters. The third-order valence-electron chi connectivity index (χ3n) is 9.11. The molecule has 0 amide bonds. The summed E-state index contributed by atoms with van der Waals surface area (Å²) in [6.07, 6.45) is -3.13. The summed E-state index contributed by atoms with van der Waals surface area (Å²) in [6, 6.07) is 9.03. The summed E-state index contributed by atoms with van der Waals surface area (Å²) in [7, 11) is -3.03. The molecule has 1 aliphatic heterocycles. The Morgan fingerprint density at radius 2 is 1.66 bits per heavy atom. The Hall–Kier alpha value is -4.41. The average Bonchev–Trinajstić information content (AvgIpc) is 3.70. The smallest absolute Gasteiger partial charge is 0.459 e. The molecule has 17 nitrogen and oxygen atoms in total. The van der Waals surface area contributed by atoms with Crippen LogP contribution in [0.5, 0.6) is 5.75 Å².